The largest absolute Gasteiger partial charge is 0.508 e. The molecule has 4 nitrogen and oxygen atoms in total. The van der Waals surface area contributed by atoms with Gasteiger partial charge in [-0.2, -0.15) is 0 Å². The van der Waals surface area contributed by atoms with Gasteiger partial charge in [-0.25, -0.2) is 0 Å². The Balaban J connectivity index is 2.27. The van der Waals surface area contributed by atoms with E-state index in [4.69, 9.17) is 0 Å². The van der Waals surface area contributed by atoms with Gasteiger partial charge in [-0.05, 0) is 43.3 Å². The van der Waals surface area contributed by atoms with E-state index >= 15 is 0 Å². The maximum atomic E-state index is 9.28. The zero-order valence-electron chi connectivity index (χ0n) is 9.33. The van der Waals surface area contributed by atoms with Crippen molar-refractivity contribution in [1.82, 2.24) is 14.6 Å². The van der Waals surface area contributed by atoms with Gasteiger partial charge in [0, 0.05) is 11.3 Å². The molecule has 0 radical (unpaired) electrons. The molecule has 3 aromatic rings. The lowest BCUT2D eigenvalue weighted by Gasteiger charge is -2.03. The van der Waals surface area contributed by atoms with Gasteiger partial charge in [0.1, 0.15) is 5.75 Å². The first-order valence-corrected chi connectivity index (χ1v) is 5.36. The standard InChI is InChI=1S/C13H11N3O/c1-9-3-2-4-12-14-15-13(16(9)12)10-5-7-11(17)8-6-10/h2-8,17H,1H3. The normalized spacial score (nSPS) is 10.9. The van der Waals surface area contributed by atoms with Crippen LogP contribution in [0.5, 0.6) is 5.75 Å². The van der Waals surface area contributed by atoms with Crippen LogP contribution in [0.2, 0.25) is 0 Å². The Morgan fingerprint density at radius 3 is 2.53 bits per heavy atom. The van der Waals surface area contributed by atoms with Crippen molar-refractivity contribution in [2.24, 2.45) is 0 Å². The van der Waals surface area contributed by atoms with Gasteiger partial charge in [-0.1, -0.05) is 6.07 Å². The molecule has 0 aliphatic rings. The van der Waals surface area contributed by atoms with Crippen LogP contribution in [-0.4, -0.2) is 19.7 Å². The lowest BCUT2D eigenvalue weighted by atomic mass is 10.2. The number of aryl methyl sites for hydroxylation is 1. The van der Waals surface area contributed by atoms with Crippen LogP contribution in [0, 0.1) is 6.92 Å². The predicted molar refractivity (Wildman–Crippen MR) is 64.8 cm³/mol. The molecule has 0 bridgehead atoms. The second-order valence-corrected chi connectivity index (χ2v) is 3.93. The Hall–Kier alpha value is -2.36. The molecule has 2 aromatic heterocycles. The molecule has 0 amide bonds. The molecule has 0 aliphatic carbocycles. The Morgan fingerprint density at radius 1 is 1.00 bits per heavy atom. The molecule has 0 fully saturated rings. The van der Waals surface area contributed by atoms with E-state index in [9.17, 15) is 5.11 Å². The van der Waals surface area contributed by atoms with Crippen molar-refractivity contribution in [3.8, 4) is 17.1 Å². The van der Waals surface area contributed by atoms with E-state index in [2.05, 4.69) is 10.2 Å². The lowest BCUT2D eigenvalue weighted by Crippen LogP contribution is -1.93. The van der Waals surface area contributed by atoms with Crippen molar-refractivity contribution < 1.29 is 5.11 Å². The summed E-state index contributed by atoms with van der Waals surface area (Å²) >= 11 is 0. The molecule has 1 N–H and O–H groups in total. The molecule has 0 unspecified atom stereocenters. The molecular weight excluding hydrogens is 214 g/mol. The highest BCUT2D eigenvalue weighted by Crippen LogP contribution is 2.21. The summed E-state index contributed by atoms with van der Waals surface area (Å²) in [4.78, 5) is 0. The summed E-state index contributed by atoms with van der Waals surface area (Å²) in [7, 11) is 0. The number of aromatic hydroxyl groups is 1. The molecule has 84 valence electrons. The number of hydrogen-bond acceptors (Lipinski definition) is 3. The highest BCUT2D eigenvalue weighted by molar-refractivity contribution is 5.60. The minimum atomic E-state index is 0.249. The number of phenols is 1. The van der Waals surface area contributed by atoms with Crippen LogP contribution in [0.4, 0.5) is 0 Å². The molecule has 0 atom stereocenters. The fraction of sp³-hybridized carbons (Fsp3) is 0.0769. The first kappa shape index (κ1) is 9.84. The van der Waals surface area contributed by atoms with Gasteiger partial charge >= 0.3 is 0 Å². The van der Waals surface area contributed by atoms with E-state index < -0.39 is 0 Å². The predicted octanol–water partition coefficient (Wildman–Crippen LogP) is 2.41. The third-order valence-corrected chi connectivity index (χ3v) is 2.75. The van der Waals surface area contributed by atoms with Crippen LogP contribution < -0.4 is 0 Å². The minimum Gasteiger partial charge on any atom is -0.508 e. The molecule has 0 saturated carbocycles. The molecule has 3 rings (SSSR count). The number of nitrogens with zero attached hydrogens (tertiary/aromatic N) is 3. The maximum absolute atomic E-state index is 9.28. The molecule has 4 heteroatoms. The van der Waals surface area contributed by atoms with Gasteiger partial charge < -0.3 is 5.11 Å². The molecule has 0 saturated heterocycles. The molecule has 17 heavy (non-hydrogen) atoms. The Morgan fingerprint density at radius 2 is 1.76 bits per heavy atom. The van der Waals surface area contributed by atoms with Gasteiger partial charge in [0.2, 0.25) is 0 Å². The van der Waals surface area contributed by atoms with Gasteiger partial charge in [-0.15, -0.1) is 10.2 Å². The van der Waals surface area contributed by atoms with E-state index in [1.165, 1.54) is 0 Å². The lowest BCUT2D eigenvalue weighted by molar-refractivity contribution is 0.475. The van der Waals surface area contributed by atoms with Crippen LogP contribution in [0.1, 0.15) is 5.69 Å². The van der Waals surface area contributed by atoms with Crippen molar-refractivity contribution in [2.45, 2.75) is 6.92 Å². The van der Waals surface area contributed by atoms with Crippen molar-refractivity contribution in [2.75, 3.05) is 0 Å². The van der Waals surface area contributed by atoms with Crippen LogP contribution in [0.15, 0.2) is 42.5 Å². The summed E-state index contributed by atoms with van der Waals surface area (Å²) in [6.45, 7) is 2.01. The summed E-state index contributed by atoms with van der Waals surface area (Å²) < 4.78 is 1.99. The van der Waals surface area contributed by atoms with E-state index in [0.29, 0.717) is 0 Å². The minimum absolute atomic E-state index is 0.249. The number of fused-ring (bicyclic) bond motifs is 1. The average Bonchev–Trinajstić information content (AvgIpc) is 2.75. The van der Waals surface area contributed by atoms with Gasteiger partial charge in [-0.3, -0.25) is 4.40 Å². The van der Waals surface area contributed by atoms with Gasteiger partial charge in [0.05, 0.1) is 0 Å². The summed E-state index contributed by atoms with van der Waals surface area (Å²) in [6, 6.07) is 12.9. The first-order chi connectivity index (χ1) is 8.25. The summed E-state index contributed by atoms with van der Waals surface area (Å²) in [5, 5.41) is 17.6. The number of hydrogen-bond donors (Lipinski definition) is 1. The van der Waals surface area contributed by atoms with Crippen molar-refractivity contribution in [3.63, 3.8) is 0 Å². The number of pyridine rings is 1. The molecule has 2 heterocycles. The van der Waals surface area contributed by atoms with Crippen LogP contribution in [-0.2, 0) is 0 Å². The van der Waals surface area contributed by atoms with Crippen LogP contribution in [0.25, 0.3) is 17.0 Å². The Labute approximate surface area is 98.2 Å². The Bertz CT molecular complexity index is 671. The SMILES string of the molecule is Cc1cccc2nnc(-c3ccc(O)cc3)n12. The molecule has 0 aliphatic heterocycles. The van der Waals surface area contributed by atoms with E-state index in [-0.39, 0.29) is 5.75 Å². The topological polar surface area (TPSA) is 50.4 Å². The zero-order chi connectivity index (χ0) is 11.8. The van der Waals surface area contributed by atoms with Crippen molar-refractivity contribution in [1.29, 1.82) is 0 Å². The highest BCUT2D eigenvalue weighted by atomic mass is 16.3. The zero-order valence-corrected chi connectivity index (χ0v) is 9.33. The average molecular weight is 225 g/mol. The third-order valence-electron chi connectivity index (χ3n) is 2.75. The fourth-order valence-corrected chi connectivity index (χ4v) is 1.90. The first-order valence-electron chi connectivity index (χ1n) is 5.36. The second-order valence-electron chi connectivity index (χ2n) is 3.93. The monoisotopic (exact) mass is 225 g/mol. The fourth-order valence-electron chi connectivity index (χ4n) is 1.90. The van der Waals surface area contributed by atoms with Crippen LogP contribution >= 0.6 is 0 Å². The second kappa shape index (κ2) is 3.59. The van der Waals surface area contributed by atoms with E-state index in [1.807, 2.05) is 41.7 Å². The third kappa shape index (κ3) is 1.54. The molecular formula is C13H11N3O. The van der Waals surface area contributed by atoms with Gasteiger partial charge in [0.15, 0.2) is 11.5 Å². The molecule has 0 spiro atoms. The smallest absolute Gasteiger partial charge is 0.168 e. The number of aromatic nitrogens is 3. The number of benzene rings is 1. The summed E-state index contributed by atoms with van der Waals surface area (Å²) in [5.74, 6) is 1.04. The molecule has 1 aromatic carbocycles. The highest BCUT2D eigenvalue weighted by Gasteiger charge is 2.08. The van der Waals surface area contributed by atoms with Crippen molar-refractivity contribution >= 4 is 5.65 Å². The van der Waals surface area contributed by atoms with Gasteiger partial charge in [0.25, 0.3) is 0 Å². The number of phenolic OH excluding ortho intramolecular Hbond substituents is 1. The quantitative estimate of drug-likeness (QED) is 0.691. The van der Waals surface area contributed by atoms with E-state index in [1.54, 1.807) is 12.1 Å². The number of rotatable bonds is 1. The Kier molecular flexibility index (Phi) is 2.08. The van der Waals surface area contributed by atoms with Crippen molar-refractivity contribution in [3.05, 3.63) is 48.2 Å². The van der Waals surface area contributed by atoms with E-state index in [0.717, 1.165) is 22.7 Å². The maximum Gasteiger partial charge on any atom is 0.168 e. The summed E-state index contributed by atoms with van der Waals surface area (Å²) in [6.07, 6.45) is 0. The van der Waals surface area contributed by atoms with Crippen LogP contribution in [0.3, 0.4) is 0 Å². The summed E-state index contributed by atoms with van der Waals surface area (Å²) in [5.41, 5.74) is 2.84.